The fourth-order valence-electron chi connectivity index (χ4n) is 1.69. The number of aromatic nitrogens is 2. The highest BCUT2D eigenvalue weighted by Gasteiger charge is 2.11. The zero-order valence-corrected chi connectivity index (χ0v) is 11.0. The van der Waals surface area contributed by atoms with Gasteiger partial charge in [0.05, 0.1) is 6.33 Å². The van der Waals surface area contributed by atoms with Crippen LogP contribution in [0, 0.1) is 0 Å². The molecule has 0 radical (unpaired) electrons. The van der Waals surface area contributed by atoms with Gasteiger partial charge in [-0.15, -0.1) is 0 Å². The largest absolute Gasteiger partial charge is 0.326 e. The van der Waals surface area contributed by atoms with Gasteiger partial charge in [0.2, 0.25) is 5.91 Å². The molecule has 21 heavy (non-hydrogen) atoms. The Labute approximate surface area is 119 Å². The number of halogens is 2. The zero-order chi connectivity index (χ0) is 15.2. The summed E-state index contributed by atoms with van der Waals surface area (Å²) in [7, 11) is 0. The lowest BCUT2D eigenvalue weighted by Crippen LogP contribution is -2.23. The van der Waals surface area contributed by atoms with Crippen molar-refractivity contribution in [3.05, 3.63) is 58.8 Å². The number of alkyl halides is 2. The second kappa shape index (κ2) is 6.74. The van der Waals surface area contributed by atoms with Crippen LogP contribution in [0.5, 0.6) is 0 Å². The molecule has 0 fully saturated rings. The number of aryl methyl sites for hydroxylation is 1. The van der Waals surface area contributed by atoms with Gasteiger partial charge < -0.3 is 5.32 Å². The van der Waals surface area contributed by atoms with E-state index < -0.39 is 17.7 Å². The van der Waals surface area contributed by atoms with E-state index in [0.29, 0.717) is 5.69 Å². The van der Waals surface area contributed by atoms with Gasteiger partial charge >= 0.3 is 0 Å². The van der Waals surface area contributed by atoms with Crippen molar-refractivity contribution < 1.29 is 13.6 Å². The number of carbonyl (C=O) groups excluding carboxylic acids is 1. The average Bonchev–Trinajstić information content (AvgIpc) is 2.47. The minimum atomic E-state index is -2.78. The highest BCUT2D eigenvalue weighted by molar-refractivity contribution is 5.90. The van der Waals surface area contributed by atoms with Crippen molar-refractivity contribution in [1.82, 2.24) is 9.55 Å². The molecule has 2 aromatic rings. The molecule has 1 aromatic carbocycles. The monoisotopic (exact) mass is 293 g/mol. The first-order chi connectivity index (χ1) is 10.1. The van der Waals surface area contributed by atoms with E-state index in [1.165, 1.54) is 0 Å². The lowest BCUT2D eigenvalue weighted by Gasteiger charge is -2.07. The molecule has 5 nitrogen and oxygen atoms in total. The van der Waals surface area contributed by atoms with Gasteiger partial charge in [0.1, 0.15) is 5.69 Å². The van der Waals surface area contributed by atoms with Crippen molar-refractivity contribution in [1.29, 1.82) is 0 Å². The third-order valence-electron chi connectivity index (χ3n) is 2.76. The second-order valence-electron chi connectivity index (χ2n) is 4.31. The normalized spacial score (nSPS) is 10.6. The molecule has 0 atom stereocenters. The summed E-state index contributed by atoms with van der Waals surface area (Å²) in [6.07, 6.45) is -1.71. The van der Waals surface area contributed by atoms with Crippen molar-refractivity contribution in [2.75, 3.05) is 5.32 Å². The Hall–Kier alpha value is -2.57. The first-order valence-electron chi connectivity index (χ1n) is 6.25. The molecule has 0 saturated heterocycles. The van der Waals surface area contributed by atoms with Gasteiger partial charge in [-0.3, -0.25) is 14.2 Å². The summed E-state index contributed by atoms with van der Waals surface area (Å²) in [4.78, 5) is 26.8. The highest BCUT2D eigenvalue weighted by atomic mass is 19.3. The van der Waals surface area contributed by atoms with Crippen molar-refractivity contribution in [2.45, 2.75) is 19.4 Å². The summed E-state index contributed by atoms with van der Waals surface area (Å²) >= 11 is 0. The number of anilines is 1. The predicted molar refractivity (Wildman–Crippen MR) is 73.1 cm³/mol. The Morgan fingerprint density at radius 1 is 1.29 bits per heavy atom. The van der Waals surface area contributed by atoms with Crippen molar-refractivity contribution >= 4 is 11.6 Å². The Kier molecular flexibility index (Phi) is 4.76. The zero-order valence-electron chi connectivity index (χ0n) is 11.0. The number of hydrogen-bond acceptors (Lipinski definition) is 3. The molecule has 0 aliphatic rings. The van der Waals surface area contributed by atoms with Crippen LogP contribution in [-0.4, -0.2) is 15.5 Å². The van der Waals surface area contributed by atoms with Gasteiger partial charge in [-0.05, 0) is 12.1 Å². The fraction of sp³-hybridized carbons (Fsp3) is 0.214. The van der Waals surface area contributed by atoms with Crippen molar-refractivity contribution in [3.63, 3.8) is 0 Å². The number of nitrogens with one attached hydrogen (secondary N) is 1. The van der Waals surface area contributed by atoms with E-state index in [4.69, 9.17) is 0 Å². The summed E-state index contributed by atoms with van der Waals surface area (Å²) < 4.78 is 25.8. The van der Waals surface area contributed by atoms with Crippen LogP contribution < -0.4 is 10.9 Å². The molecular formula is C14H13F2N3O2. The average molecular weight is 293 g/mol. The van der Waals surface area contributed by atoms with Crippen LogP contribution in [0.1, 0.15) is 18.5 Å². The van der Waals surface area contributed by atoms with Gasteiger partial charge in [0.15, 0.2) is 0 Å². The van der Waals surface area contributed by atoms with Crippen LogP contribution in [0.15, 0.2) is 47.5 Å². The van der Waals surface area contributed by atoms with Gasteiger partial charge in [0.25, 0.3) is 12.0 Å². The molecule has 2 rings (SSSR count). The van der Waals surface area contributed by atoms with E-state index in [-0.39, 0.29) is 18.9 Å². The smallest absolute Gasteiger partial charge is 0.280 e. The van der Waals surface area contributed by atoms with Gasteiger partial charge in [-0.1, -0.05) is 18.2 Å². The minimum Gasteiger partial charge on any atom is -0.326 e. The van der Waals surface area contributed by atoms with Crippen LogP contribution in [0.2, 0.25) is 0 Å². The van der Waals surface area contributed by atoms with E-state index >= 15 is 0 Å². The Balaban J connectivity index is 1.94. The lowest BCUT2D eigenvalue weighted by molar-refractivity contribution is -0.116. The number of hydrogen-bond donors (Lipinski definition) is 1. The number of carbonyl (C=O) groups is 1. The van der Waals surface area contributed by atoms with E-state index in [1.807, 2.05) is 6.07 Å². The van der Waals surface area contributed by atoms with Crippen molar-refractivity contribution in [3.8, 4) is 0 Å². The van der Waals surface area contributed by atoms with Crippen LogP contribution in [0.4, 0.5) is 14.5 Å². The van der Waals surface area contributed by atoms with E-state index in [0.717, 1.165) is 17.0 Å². The molecule has 0 aliphatic carbocycles. The summed E-state index contributed by atoms with van der Waals surface area (Å²) in [5.74, 6) is -0.272. The molecule has 1 heterocycles. The topological polar surface area (TPSA) is 64.0 Å². The number of nitrogens with zero attached hydrogens (tertiary/aromatic N) is 2. The van der Waals surface area contributed by atoms with Crippen LogP contribution in [-0.2, 0) is 11.3 Å². The second-order valence-corrected chi connectivity index (χ2v) is 4.31. The number of para-hydroxylation sites is 1. The molecule has 0 spiro atoms. The van der Waals surface area contributed by atoms with Gasteiger partial charge in [-0.25, -0.2) is 13.8 Å². The van der Waals surface area contributed by atoms with E-state index in [1.54, 1.807) is 24.3 Å². The van der Waals surface area contributed by atoms with Crippen LogP contribution >= 0.6 is 0 Å². The molecule has 0 aliphatic heterocycles. The third-order valence-corrected chi connectivity index (χ3v) is 2.76. The number of rotatable bonds is 5. The lowest BCUT2D eigenvalue weighted by atomic mass is 10.3. The third kappa shape index (κ3) is 4.20. The van der Waals surface area contributed by atoms with Gasteiger partial charge in [0, 0.05) is 24.7 Å². The fourth-order valence-corrected chi connectivity index (χ4v) is 1.69. The molecule has 1 N–H and O–H groups in total. The summed E-state index contributed by atoms with van der Waals surface area (Å²) in [5.41, 5.74) is -0.515. The molecule has 7 heteroatoms. The quantitative estimate of drug-likeness (QED) is 0.919. The molecule has 1 amide bonds. The van der Waals surface area contributed by atoms with Crippen LogP contribution in [0.25, 0.3) is 0 Å². The van der Waals surface area contributed by atoms with Crippen molar-refractivity contribution in [2.24, 2.45) is 0 Å². The minimum absolute atomic E-state index is 0.0461. The molecule has 0 saturated carbocycles. The van der Waals surface area contributed by atoms with E-state index in [9.17, 15) is 18.4 Å². The molecule has 110 valence electrons. The number of benzene rings is 1. The van der Waals surface area contributed by atoms with Gasteiger partial charge in [-0.2, -0.15) is 0 Å². The molecule has 0 unspecified atom stereocenters. The first-order valence-corrected chi connectivity index (χ1v) is 6.25. The highest BCUT2D eigenvalue weighted by Crippen LogP contribution is 2.13. The Morgan fingerprint density at radius 2 is 2.00 bits per heavy atom. The maximum absolute atomic E-state index is 12.4. The maximum atomic E-state index is 12.4. The summed E-state index contributed by atoms with van der Waals surface area (Å²) in [5, 5.41) is 2.67. The van der Waals surface area contributed by atoms with Crippen LogP contribution in [0.3, 0.4) is 0 Å². The first kappa shape index (κ1) is 14.8. The Bertz CT molecular complexity index is 671. The molecule has 1 aromatic heterocycles. The number of amides is 1. The van der Waals surface area contributed by atoms with E-state index in [2.05, 4.69) is 10.3 Å². The standard InChI is InChI=1S/C14H13F2N3O2/c15-14(16)11-8-13(21)19(9-17-11)7-6-12(20)18-10-4-2-1-3-5-10/h1-5,8-9,14H,6-7H2,(H,18,20). The summed E-state index contributed by atoms with van der Waals surface area (Å²) in [6.45, 7) is 0.0774. The molecule has 0 bridgehead atoms. The maximum Gasteiger partial charge on any atom is 0.280 e. The molecular weight excluding hydrogens is 280 g/mol. The summed E-state index contributed by atoms with van der Waals surface area (Å²) in [6, 6.07) is 9.65. The SMILES string of the molecule is O=C(CCn1cnc(C(F)F)cc1=O)Nc1ccccc1. The predicted octanol–water partition coefficient (Wildman–Crippen LogP) is 2.21. The Morgan fingerprint density at radius 3 is 2.62 bits per heavy atom.